The summed E-state index contributed by atoms with van der Waals surface area (Å²) < 4.78 is 0. The van der Waals surface area contributed by atoms with Gasteiger partial charge in [0, 0.05) is 17.6 Å². The Morgan fingerprint density at radius 2 is 2.00 bits per heavy atom. The Morgan fingerprint density at radius 1 is 1.21 bits per heavy atom. The van der Waals surface area contributed by atoms with Crippen LogP contribution >= 0.6 is 0 Å². The van der Waals surface area contributed by atoms with E-state index in [2.05, 4.69) is 4.98 Å². The number of para-hydroxylation sites is 1. The summed E-state index contributed by atoms with van der Waals surface area (Å²) in [6, 6.07) is 10.0. The van der Waals surface area contributed by atoms with E-state index in [0.29, 0.717) is 12.8 Å². The first-order valence-electron chi connectivity index (χ1n) is 4.68. The SMILES string of the molecule is OC(O)CCc1cc2ccccc2[nH]1. The lowest BCUT2D eigenvalue weighted by Gasteiger charge is -1.99. The molecule has 0 amide bonds. The van der Waals surface area contributed by atoms with E-state index in [1.165, 1.54) is 0 Å². The first-order chi connectivity index (χ1) is 6.75. The highest BCUT2D eigenvalue weighted by Gasteiger charge is 2.02. The van der Waals surface area contributed by atoms with Crippen LogP contribution in [0.2, 0.25) is 0 Å². The average Bonchev–Trinajstić information content (AvgIpc) is 2.57. The van der Waals surface area contributed by atoms with Gasteiger partial charge < -0.3 is 15.2 Å². The van der Waals surface area contributed by atoms with Gasteiger partial charge in [-0.1, -0.05) is 18.2 Å². The number of nitrogens with one attached hydrogen (secondary N) is 1. The first kappa shape index (κ1) is 9.24. The standard InChI is InChI=1S/C11H13NO2/c13-11(14)6-5-9-7-8-3-1-2-4-10(8)12-9/h1-4,7,11-14H,5-6H2. The fourth-order valence-electron chi connectivity index (χ4n) is 1.55. The van der Waals surface area contributed by atoms with Crippen molar-refractivity contribution in [3.63, 3.8) is 0 Å². The third-order valence-corrected chi connectivity index (χ3v) is 2.26. The van der Waals surface area contributed by atoms with Crippen molar-refractivity contribution in [2.45, 2.75) is 19.1 Å². The highest BCUT2D eigenvalue weighted by Crippen LogP contribution is 2.15. The summed E-state index contributed by atoms with van der Waals surface area (Å²) in [5.74, 6) is 0. The lowest BCUT2D eigenvalue weighted by Crippen LogP contribution is -2.05. The van der Waals surface area contributed by atoms with Crippen molar-refractivity contribution in [3.8, 4) is 0 Å². The van der Waals surface area contributed by atoms with Crippen molar-refractivity contribution in [1.29, 1.82) is 0 Å². The molecule has 0 radical (unpaired) electrons. The molecule has 0 saturated heterocycles. The molecule has 14 heavy (non-hydrogen) atoms. The molecule has 1 heterocycles. The van der Waals surface area contributed by atoms with Crippen LogP contribution < -0.4 is 0 Å². The molecule has 74 valence electrons. The number of benzene rings is 1. The normalized spacial score (nSPS) is 11.4. The Bertz CT molecular complexity index is 387. The van der Waals surface area contributed by atoms with E-state index in [-0.39, 0.29) is 0 Å². The van der Waals surface area contributed by atoms with E-state index in [9.17, 15) is 0 Å². The fraction of sp³-hybridized carbons (Fsp3) is 0.273. The molecule has 0 aliphatic carbocycles. The first-order valence-corrected chi connectivity index (χ1v) is 4.68. The van der Waals surface area contributed by atoms with E-state index >= 15 is 0 Å². The van der Waals surface area contributed by atoms with Gasteiger partial charge in [0.05, 0.1) is 0 Å². The van der Waals surface area contributed by atoms with Crippen molar-refractivity contribution < 1.29 is 10.2 Å². The summed E-state index contributed by atoms with van der Waals surface area (Å²) in [6.45, 7) is 0. The van der Waals surface area contributed by atoms with Crippen LogP contribution in [0.25, 0.3) is 10.9 Å². The molecule has 3 heteroatoms. The van der Waals surface area contributed by atoms with Gasteiger partial charge >= 0.3 is 0 Å². The number of hydrogen-bond donors (Lipinski definition) is 3. The van der Waals surface area contributed by atoms with Crippen molar-refractivity contribution in [2.24, 2.45) is 0 Å². The maximum absolute atomic E-state index is 8.73. The van der Waals surface area contributed by atoms with Gasteiger partial charge in [0.25, 0.3) is 0 Å². The molecular formula is C11H13NO2. The van der Waals surface area contributed by atoms with Gasteiger partial charge in [-0.15, -0.1) is 0 Å². The van der Waals surface area contributed by atoms with Gasteiger partial charge in [-0.25, -0.2) is 0 Å². The van der Waals surface area contributed by atoms with Crippen molar-refractivity contribution >= 4 is 10.9 Å². The Balaban J connectivity index is 2.19. The van der Waals surface area contributed by atoms with Gasteiger partial charge in [0.1, 0.15) is 0 Å². The Morgan fingerprint density at radius 3 is 2.71 bits per heavy atom. The third-order valence-electron chi connectivity index (χ3n) is 2.26. The minimum Gasteiger partial charge on any atom is -0.368 e. The largest absolute Gasteiger partial charge is 0.368 e. The van der Waals surface area contributed by atoms with Crippen LogP contribution in [0.4, 0.5) is 0 Å². The minimum absolute atomic E-state index is 0.368. The number of H-pyrrole nitrogens is 1. The highest BCUT2D eigenvalue weighted by molar-refractivity contribution is 5.80. The zero-order valence-electron chi connectivity index (χ0n) is 7.77. The molecular weight excluding hydrogens is 178 g/mol. The molecule has 1 aromatic heterocycles. The van der Waals surface area contributed by atoms with E-state index in [4.69, 9.17) is 10.2 Å². The van der Waals surface area contributed by atoms with E-state index in [1.54, 1.807) is 0 Å². The van der Waals surface area contributed by atoms with Crippen LogP contribution in [0.5, 0.6) is 0 Å². The number of aromatic nitrogens is 1. The average molecular weight is 191 g/mol. The summed E-state index contributed by atoms with van der Waals surface area (Å²) in [4.78, 5) is 3.23. The number of aromatic amines is 1. The van der Waals surface area contributed by atoms with Gasteiger partial charge in [-0.05, 0) is 23.9 Å². The second-order valence-corrected chi connectivity index (χ2v) is 3.40. The zero-order chi connectivity index (χ0) is 9.97. The van der Waals surface area contributed by atoms with E-state index in [0.717, 1.165) is 16.6 Å². The fourth-order valence-corrected chi connectivity index (χ4v) is 1.55. The summed E-state index contributed by atoms with van der Waals surface area (Å²) in [5.41, 5.74) is 2.13. The van der Waals surface area contributed by atoms with Gasteiger partial charge in [-0.3, -0.25) is 0 Å². The molecule has 0 saturated carbocycles. The summed E-state index contributed by atoms with van der Waals surface area (Å²) in [6.07, 6.45) is -0.194. The molecule has 0 unspecified atom stereocenters. The highest BCUT2D eigenvalue weighted by atomic mass is 16.5. The Hall–Kier alpha value is -1.32. The summed E-state index contributed by atoms with van der Waals surface area (Å²) >= 11 is 0. The number of aliphatic hydroxyl groups is 2. The molecule has 0 bridgehead atoms. The lowest BCUT2D eigenvalue weighted by molar-refractivity contribution is -0.0448. The minimum atomic E-state index is -1.22. The zero-order valence-corrected chi connectivity index (χ0v) is 7.77. The molecule has 0 atom stereocenters. The number of hydrogen-bond acceptors (Lipinski definition) is 2. The van der Waals surface area contributed by atoms with Crippen LogP contribution in [-0.4, -0.2) is 21.5 Å². The number of aliphatic hydroxyl groups excluding tert-OH is 1. The predicted octanol–water partition coefficient (Wildman–Crippen LogP) is 1.41. The van der Waals surface area contributed by atoms with Gasteiger partial charge in [-0.2, -0.15) is 0 Å². The number of fused-ring (bicyclic) bond motifs is 1. The molecule has 0 spiro atoms. The number of rotatable bonds is 3. The maximum Gasteiger partial charge on any atom is 0.151 e. The van der Waals surface area contributed by atoms with Crippen LogP contribution in [0.1, 0.15) is 12.1 Å². The third kappa shape index (κ3) is 1.95. The summed E-state index contributed by atoms with van der Waals surface area (Å²) in [7, 11) is 0. The van der Waals surface area contributed by atoms with Gasteiger partial charge in [0.2, 0.25) is 0 Å². The van der Waals surface area contributed by atoms with Crippen molar-refractivity contribution in [3.05, 3.63) is 36.0 Å². The smallest absolute Gasteiger partial charge is 0.151 e. The maximum atomic E-state index is 8.73. The van der Waals surface area contributed by atoms with Crippen LogP contribution in [0.15, 0.2) is 30.3 Å². The number of aryl methyl sites for hydroxylation is 1. The molecule has 0 fully saturated rings. The molecule has 2 rings (SSSR count). The monoisotopic (exact) mass is 191 g/mol. The van der Waals surface area contributed by atoms with Crippen molar-refractivity contribution in [2.75, 3.05) is 0 Å². The quantitative estimate of drug-likeness (QED) is 0.642. The van der Waals surface area contributed by atoms with E-state index < -0.39 is 6.29 Å². The van der Waals surface area contributed by atoms with Crippen molar-refractivity contribution in [1.82, 2.24) is 4.98 Å². The Kier molecular flexibility index (Phi) is 2.52. The molecule has 1 aromatic carbocycles. The lowest BCUT2D eigenvalue weighted by atomic mass is 10.2. The molecule has 2 aromatic rings. The molecule has 3 N–H and O–H groups in total. The van der Waals surface area contributed by atoms with Crippen LogP contribution in [0.3, 0.4) is 0 Å². The topological polar surface area (TPSA) is 56.2 Å². The second kappa shape index (κ2) is 3.82. The van der Waals surface area contributed by atoms with Crippen LogP contribution in [-0.2, 0) is 6.42 Å². The van der Waals surface area contributed by atoms with Crippen LogP contribution in [0, 0.1) is 0 Å². The van der Waals surface area contributed by atoms with E-state index in [1.807, 2.05) is 30.3 Å². The molecule has 3 nitrogen and oxygen atoms in total. The summed E-state index contributed by atoms with van der Waals surface area (Å²) in [5, 5.41) is 18.6. The predicted molar refractivity (Wildman–Crippen MR) is 54.8 cm³/mol. The Labute approximate surface area is 82.0 Å². The van der Waals surface area contributed by atoms with Gasteiger partial charge in [0.15, 0.2) is 6.29 Å². The second-order valence-electron chi connectivity index (χ2n) is 3.40. The molecule has 0 aliphatic heterocycles. The molecule has 0 aliphatic rings.